The Labute approximate surface area is 227 Å². The molecule has 5 aromatic carbocycles. The van der Waals surface area contributed by atoms with Gasteiger partial charge in [-0.1, -0.05) is 58.8 Å². The minimum Gasteiger partial charge on any atom is -0.399 e. The number of hydrogen-bond acceptors (Lipinski definition) is 4. The van der Waals surface area contributed by atoms with Crippen molar-refractivity contribution in [3.05, 3.63) is 116 Å². The number of rotatable bonds is 0. The number of nitrogens with two attached hydrogens (primary N) is 2. The van der Waals surface area contributed by atoms with E-state index in [1.165, 1.54) is 33.7 Å². The molecular weight excluding hydrogens is 580 g/mol. The third-order valence-corrected chi connectivity index (χ3v) is 6.77. The summed E-state index contributed by atoms with van der Waals surface area (Å²) in [5.74, 6) is -0.376. The zero-order valence-corrected chi connectivity index (χ0v) is 21.0. The van der Waals surface area contributed by atoms with Gasteiger partial charge in [0, 0.05) is 42.6 Å². The van der Waals surface area contributed by atoms with E-state index in [1.807, 2.05) is 0 Å². The molecule has 36 heavy (non-hydrogen) atoms. The molecule has 0 fully saturated rings. The molecule has 0 unspecified atom stereocenters. The van der Waals surface area contributed by atoms with Crippen molar-refractivity contribution >= 4 is 76.3 Å². The SMILES string of the molecule is Brc1ccc2cc3cc(Br)ccc3cc2c1.C.C.Nc1ccc2c(c1)C(=O)c1ccc(N)cc1C2=O. The standard InChI is InChI=1S/C14H8Br2.C14H10N2O2.2CH4/c15-13-3-1-9-5-12-8-14(16)4-2-10(12)6-11(9)7-13;15-7-1-3-9-11(5-7)14(18)10-4-2-8(16)6-12(10)13(9)17;;/h1-8H;1-6H,15-16H2;2*1H4. The van der Waals surface area contributed by atoms with Crippen LogP contribution in [-0.2, 0) is 0 Å². The molecule has 1 aliphatic rings. The highest BCUT2D eigenvalue weighted by atomic mass is 79.9. The van der Waals surface area contributed by atoms with Gasteiger partial charge < -0.3 is 11.5 Å². The van der Waals surface area contributed by atoms with Gasteiger partial charge in [0.15, 0.2) is 11.6 Å². The Bertz CT molecular complexity index is 1520. The molecule has 0 aromatic heterocycles. The Morgan fingerprint density at radius 1 is 0.444 bits per heavy atom. The van der Waals surface area contributed by atoms with E-state index in [0.29, 0.717) is 33.6 Å². The Morgan fingerprint density at radius 3 is 1.22 bits per heavy atom. The minimum atomic E-state index is -0.188. The first kappa shape index (κ1) is 27.1. The van der Waals surface area contributed by atoms with Crippen LogP contribution in [0.4, 0.5) is 11.4 Å². The number of ketones is 2. The number of carbonyl (C=O) groups is 2. The van der Waals surface area contributed by atoms with Crippen molar-refractivity contribution in [3.63, 3.8) is 0 Å². The maximum Gasteiger partial charge on any atom is 0.194 e. The van der Waals surface area contributed by atoms with Gasteiger partial charge >= 0.3 is 0 Å². The molecule has 0 spiro atoms. The fourth-order valence-electron chi connectivity index (χ4n) is 4.12. The van der Waals surface area contributed by atoms with Crippen LogP contribution in [0.3, 0.4) is 0 Å². The number of benzene rings is 5. The average Bonchev–Trinajstić information content (AvgIpc) is 2.81. The second-order valence-corrected chi connectivity index (χ2v) is 9.93. The molecule has 0 aliphatic heterocycles. The minimum absolute atomic E-state index is 0. The van der Waals surface area contributed by atoms with E-state index in [4.69, 9.17) is 11.5 Å². The van der Waals surface area contributed by atoms with Crippen molar-refractivity contribution in [2.75, 3.05) is 11.5 Å². The van der Waals surface area contributed by atoms with Crippen molar-refractivity contribution in [2.24, 2.45) is 0 Å². The van der Waals surface area contributed by atoms with Gasteiger partial charge in [0.1, 0.15) is 0 Å². The van der Waals surface area contributed by atoms with Crippen molar-refractivity contribution in [2.45, 2.75) is 14.9 Å². The Hall–Kier alpha value is -3.48. The monoisotopic (exact) mass is 604 g/mol. The first-order valence-corrected chi connectivity index (χ1v) is 12.1. The van der Waals surface area contributed by atoms with Crippen LogP contribution in [0.25, 0.3) is 21.5 Å². The molecule has 5 aromatic rings. The topological polar surface area (TPSA) is 86.2 Å². The number of nitrogen functional groups attached to an aromatic ring is 2. The number of fused-ring (bicyclic) bond motifs is 4. The van der Waals surface area contributed by atoms with E-state index >= 15 is 0 Å². The largest absolute Gasteiger partial charge is 0.399 e. The summed E-state index contributed by atoms with van der Waals surface area (Å²) in [7, 11) is 0. The van der Waals surface area contributed by atoms with E-state index in [9.17, 15) is 9.59 Å². The number of carbonyl (C=O) groups excluding carboxylic acids is 2. The molecule has 0 radical (unpaired) electrons. The smallest absolute Gasteiger partial charge is 0.194 e. The third-order valence-electron chi connectivity index (χ3n) is 5.79. The molecule has 0 atom stereocenters. The Balaban J connectivity index is 0.000000191. The molecule has 182 valence electrons. The summed E-state index contributed by atoms with van der Waals surface area (Å²) in [6.07, 6.45) is 0. The number of anilines is 2. The van der Waals surface area contributed by atoms with Gasteiger partial charge in [0.05, 0.1) is 0 Å². The zero-order chi connectivity index (χ0) is 24.0. The first-order chi connectivity index (χ1) is 16.3. The molecule has 0 saturated carbocycles. The van der Waals surface area contributed by atoms with Gasteiger partial charge in [-0.15, -0.1) is 0 Å². The molecular formula is C30H26Br2N2O2. The van der Waals surface area contributed by atoms with Gasteiger partial charge in [-0.05, 0) is 94.3 Å². The highest BCUT2D eigenvalue weighted by molar-refractivity contribution is 9.10. The molecule has 0 heterocycles. The van der Waals surface area contributed by atoms with E-state index in [0.717, 1.165) is 8.95 Å². The molecule has 6 heteroatoms. The van der Waals surface area contributed by atoms with Crippen LogP contribution < -0.4 is 11.5 Å². The van der Waals surface area contributed by atoms with Crippen LogP contribution in [0.2, 0.25) is 0 Å². The van der Waals surface area contributed by atoms with E-state index in [1.54, 1.807) is 24.3 Å². The van der Waals surface area contributed by atoms with Crippen LogP contribution in [0.15, 0.2) is 93.9 Å². The molecule has 0 saturated heterocycles. The summed E-state index contributed by atoms with van der Waals surface area (Å²) in [5, 5.41) is 5.08. The maximum absolute atomic E-state index is 12.3. The molecule has 0 bridgehead atoms. The summed E-state index contributed by atoms with van der Waals surface area (Å²) in [5.41, 5.74) is 13.7. The van der Waals surface area contributed by atoms with E-state index in [-0.39, 0.29) is 26.4 Å². The van der Waals surface area contributed by atoms with Crippen LogP contribution in [-0.4, -0.2) is 11.6 Å². The predicted octanol–water partition coefficient (Wildman–Crippen LogP) is 8.42. The van der Waals surface area contributed by atoms with Gasteiger partial charge in [-0.25, -0.2) is 0 Å². The number of hydrogen-bond donors (Lipinski definition) is 2. The van der Waals surface area contributed by atoms with Crippen LogP contribution in [0, 0.1) is 0 Å². The lowest BCUT2D eigenvalue weighted by Gasteiger charge is -2.17. The van der Waals surface area contributed by atoms with Crippen LogP contribution >= 0.6 is 31.9 Å². The fourth-order valence-corrected chi connectivity index (χ4v) is 4.88. The molecule has 6 rings (SSSR count). The van der Waals surface area contributed by atoms with Crippen molar-refractivity contribution in [1.82, 2.24) is 0 Å². The molecule has 4 nitrogen and oxygen atoms in total. The Morgan fingerprint density at radius 2 is 0.833 bits per heavy atom. The van der Waals surface area contributed by atoms with Crippen LogP contribution in [0.5, 0.6) is 0 Å². The van der Waals surface area contributed by atoms with Gasteiger partial charge in [-0.2, -0.15) is 0 Å². The van der Waals surface area contributed by atoms with Gasteiger partial charge in [0.25, 0.3) is 0 Å². The third kappa shape index (κ3) is 5.06. The van der Waals surface area contributed by atoms with Gasteiger partial charge in [-0.3, -0.25) is 9.59 Å². The fraction of sp³-hybridized carbons (Fsp3) is 0.0667. The molecule has 0 amide bonds. The lowest BCUT2D eigenvalue weighted by Crippen LogP contribution is -2.21. The van der Waals surface area contributed by atoms with Gasteiger partial charge in [0.2, 0.25) is 0 Å². The zero-order valence-electron chi connectivity index (χ0n) is 17.8. The predicted molar refractivity (Wildman–Crippen MR) is 159 cm³/mol. The number of halogens is 2. The second kappa shape index (κ2) is 10.6. The lowest BCUT2D eigenvalue weighted by atomic mass is 9.83. The quantitative estimate of drug-likeness (QED) is 0.134. The molecule has 4 N–H and O–H groups in total. The lowest BCUT2D eigenvalue weighted by molar-refractivity contribution is 0.0979. The van der Waals surface area contributed by atoms with Crippen LogP contribution in [0.1, 0.15) is 46.7 Å². The summed E-state index contributed by atoms with van der Waals surface area (Å²) in [6, 6.07) is 26.6. The van der Waals surface area contributed by atoms with E-state index < -0.39 is 0 Å². The normalized spacial score (nSPS) is 11.5. The van der Waals surface area contributed by atoms with E-state index in [2.05, 4.69) is 80.4 Å². The highest BCUT2D eigenvalue weighted by Crippen LogP contribution is 2.30. The summed E-state index contributed by atoms with van der Waals surface area (Å²) in [6.45, 7) is 0. The second-order valence-electron chi connectivity index (χ2n) is 8.10. The summed E-state index contributed by atoms with van der Waals surface area (Å²) >= 11 is 7.00. The first-order valence-electron chi connectivity index (χ1n) is 10.5. The summed E-state index contributed by atoms with van der Waals surface area (Å²) < 4.78 is 2.24. The maximum atomic E-state index is 12.3. The molecule has 1 aliphatic carbocycles. The van der Waals surface area contributed by atoms with Crippen molar-refractivity contribution in [3.8, 4) is 0 Å². The van der Waals surface area contributed by atoms with Crippen molar-refractivity contribution < 1.29 is 9.59 Å². The highest BCUT2D eigenvalue weighted by Gasteiger charge is 2.29. The Kier molecular flexibility index (Phi) is 8.02. The average molecular weight is 606 g/mol. The van der Waals surface area contributed by atoms with Crippen molar-refractivity contribution in [1.29, 1.82) is 0 Å². The summed E-state index contributed by atoms with van der Waals surface area (Å²) in [4.78, 5) is 24.5.